The van der Waals surface area contributed by atoms with Gasteiger partial charge in [0.25, 0.3) is 0 Å². The second kappa shape index (κ2) is 4.73. The van der Waals surface area contributed by atoms with Crippen molar-refractivity contribution >= 4 is 11.6 Å². The molecule has 3 heteroatoms. The normalized spacial score (nSPS) is 12.7. The van der Waals surface area contributed by atoms with Crippen LogP contribution in [0.15, 0.2) is 41.2 Å². The third kappa shape index (κ3) is 2.46. The lowest BCUT2D eigenvalue weighted by Crippen LogP contribution is -2.01. The van der Waals surface area contributed by atoms with Crippen LogP contribution in [0.3, 0.4) is 0 Å². The van der Waals surface area contributed by atoms with E-state index >= 15 is 0 Å². The minimum atomic E-state index is -0.546. The molecule has 0 bridgehead atoms. The van der Waals surface area contributed by atoms with Crippen molar-refractivity contribution in [2.24, 2.45) is 0 Å². The maximum Gasteiger partial charge on any atom is 0.0935 e. The van der Waals surface area contributed by atoms with E-state index in [1.54, 1.807) is 12.5 Å². The zero-order chi connectivity index (χ0) is 11.5. The molecule has 1 unspecified atom stereocenters. The van der Waals surface area contributed by atoms with Crippen molar-refractivity contribution in [3.8, 4) is 0 Å². The first-order valence-corrected chi connectivity index (χ1v) is 5.50. The van der Waals surface area contributed by atoms with E-state index in [0.29, 0.717) is 11.4 Å². The van der Waals surface area contributed by atoms with Crippen LogP contribution in [0.2, 0.25) is 5.02 Å². The number of hydrogen-bond donors (Lipinski definition) is 1. The SMILES string of the molecule is Cc1ccc(C(O)Cc2ccoc2)cc1Cl. The number of furan rings is 1. The average molecular weight is 237 g/mol. The summed E-state index contributed by atoms with van der Waals surface area (Å²) in [6.07, 6.45) is 3.23. The van der Waals surface area contributed by atoms with Gasteiger partial charge in [0.15, 0.2) is 0 Å². The summed E-state index contributed by atoms with van der Waals surface area (Å²) in [6.45, 7) is 1.94. The first-order valence-electron chi connectivity index (χ1n) is 5.12. The summed E-state index contributed by atoms with van der Waals surface area (Å²) in [4.78, 5) is 0. The highest BCUT2D eigenvalue weighted by molar-refractivity contribution is 6.31. The summed E-state index contributed by atoms with van der Waals surface area (Å²) in [5.74, 6) is 0. The molecule has 0 spiro atoms. The molecule has 2 nitrogen and oxygen atoms in total. The Bertz CT molecular complexity index is 463. The summed E-state index contributed by atoms with van der Waals surface area (Å²) in [6, 6.07) is 7.46. The largest absolute Gasteiger partial charge is 0.472 e. The summed E-state index contributed by atoms with van der Waals surface area (Å²) < 4.78 is 4.96. The van der Waals surface area contributed by atoms with Gasteiger partial charge in [0.2, 0.25) is 0 Å². The van der Waals surface area contributed by atoms with Crippen LogP contribution in [-0.4, -0.2) is 5.11 Å². The zero-order valence-corrected chi connectivity index (χ0v) is 9.74. The molecule has 0 amide bonds. The highest BCUT2D eigenvalue weighted by atomic mass is 35.5. The summed E-state index contributed by atoms with van der Waals surface area (Å²) in [5.41, 5.74) is 2.82. The van der Waals surface area contributed by atoms with Gasteiger partial charge in [0.05, 0.1) is 18.6 Å². The minimum absolute atomic E-state index is 0.538. The highest BCUT2D eigenvalue weighted by Gasteiger charge is 2.10. The molecule has 1 aromatic carbocycles. The van der Waals surface area contributed by atoms with Crippen molar-refractivity contribution in [1.82, 2.24) is 0 Å². The molecule has 0 aliphatic carbocycles. The number of aryl methyl sites for hydroxylation is 1. The van der Waals surface area contributed by atoms with E-state index < -0.39 is 6.10 Å². The van der Waals surface area contributed by atoms with E-state index in [1.165, 1.54) is 0 Å². The van der Waals surface area contributed by atoms with Crippen molar-refractivity contribution in [2.75, 3.05) is 0 Å². The van der Waals surface area contributed by atoms with Gasteiger partial charge in [-0.05, 0) is 35.7 Å². The molecule has 0 aliphatic heterocycles. The smallest absolute Gasteiger partial charge is 0.0935 e. The van der Waals surface area contributed by atoms with Crippen LogP contribution in [0.5, 0.6) is 0 Å². The van der Waals surface area contributed by atoms with Crippen LogP contribution in [-0.2, 0) is 6.42 Å². The molecule has 2 aromatic rings. The molecule has 1 N–H and O–H groups in total. The van der Waals surface area contributed by atoms with Crippen molar-refractivity contribution in [3.05, 3.63) is 58.5 Å². The molecule has 0 fully saturated rings. The van der Waals surface area contributed by atoms with Gasteiger partial charge in [-0.1, -0.05) is 23.7 Å². The summed E-state index contributed by atoms with van der Waals surface area (Å²) in [7, 11) is 0. The first kappa shape index (κ1) is 11.2. The minimum Gasteiger partial charge on any atom is -0.472 e. The molecule has 0 radical (unpaired) electrons. The number of halogens is 1. The van der Waals surface area contributed by atoms with Crippen LogP contribution in [0.4, 0.5) is 0 Å². The molecule has 84 valence electrons. The average Bonchev–Trinajstić information content (AvgIpc) is 2.74. The predicted octanol–water partition coefficient (Wildman–Crippen LogP) is 3.52. The third-order valence-electron chi connectivity index (χ3n) is 2.59. The summed E-state index contributed by atoms with van der Waals surface area (Å²) in [5, 5.41) is 10.7. The fraction of sp³-hybridized carbons (Fsp3) is 0.231. The van der Waals surface area contributed by atoms with Gasteiger partial charge in [0, 0.05) is 11.4 Å². The number of rotatable bonds is 3. The standard InChI is InChI=1S/C13H13ClO2/c1-9-2-3-11(7-12(9)14)13(15)6-10-4-5-16-8-10/h2-5,7-8,13,15H,6H2,1H3. The number of aliphatic hydroxyl groups is 1. The maximum atomic E-state index is 10.0. The van der Waals surface area contributed by atoms with Gasteiger partial charge in [-0.2, -0.15) is 0 Å². The quantitative estimate of drug-likeness (QED) is 0.885. The van der Waals surface area contributed by atoms with Crippen molar-refractivity contribution in [1.29, 1.82) is 0 Å². The van der Waals surface area contributed by atoms with Gasteiger partial charge in [-0.15, -0.1) is 0 Å². The van der Waals surface area contributed by atoms with Crippen LogP contribution >= 0.6 is 11.6 Å². The Morgan fingerprint density at radius 2 is 2.19 bits per heavy atom. The van der Waals surface area contributed by atoms with E-state index in [9.17, 15) is 5.11 Å². The van der Waals surface area contributed by atoms with E-state index in [1.807, 2.05) is 31.2 Å². The second-order valence-electron chi connectivity index (χ2n) is 3.86. The third-order valence-corrected chi connectivity index (χ3v) is 3.00. The molecule has 2 rings (SSSR count). The fourth-order valence-corrected chi connectivity index (χ4v) is 1.76. The van der Waals surface area contributed by atoms with Crippen LogP contribution in [0.1, 0.15) is 22.8 Å². The van der Waals surface area contributed by atoms with Gasteiger partial charge in [0.1, 0.15) is 0 Å². The molecule has 1 heterocycles. The first-order chi connectivity index (χ1) is 7.66. The fourth-order valence-electron chi connectivity index (χ4n) is 1.57. The Balaban J connectivity index is 2.14. The second-order valence-corrected chi connectivity index (χ2v) is 4.27. The van der Waals surface area contributed by atoms with E-state index in [-0.39, 0.29) is 0 Å². The molecule has 1 aromatic heterocycles. The van der Waals surface area contributed by atoms with Gasteiger partial charge < -0.3 is 9.52 Å². The Hall–Kier alpha value is -1.25. The molecule has 0 saturated carbocycles. The number of aliphatic hydroxyl groups excluding tert-OH is 1. The van der Waals surface area contributed by atoms with Crippen LogP contribution < -0.4 is 0 Å². The van der Waals surface area contributed by atoms with Gasteiger partial charge in [-0.25, -0.2) is 0 Å². The lowest BCUT2D eigenvalue weighted by atomic mass is 10.0. The topological polar surface area (TPSA) is 33.4 Å². The Kier molecular flexibility index (Phi) is 3.32. The maximum absolute atomic E-state index is 10.0. The lowest BCUT2D eigenvalue weighted by Gasteiger charge is -2.10. The van der Waals surface area contributed by atoms with Crippen molar-refractivity contribution < 1.29 is 9.52 Å². The van der Waals surface area contributed by atoms with E-state index in [4.69, 9.17) is 16.0 Å². The molecular formula is C13H13ClO2. The van der Waals surface area contributed by atoms with E-state index in [0.717, 1.165) is 16.7 Å². The lowest BCUT2D eigenvalue weighted by molar-refractivity contribution is 0.178. The molecule has 1 atom stereocenters. The highest BCUT2D eigenvalue weighted by Crippen LogP contribution is 2.23. The number of hydrogen-bond acceptors (Lipinski definition) is 2. The van der Waals surface area contributed by atoms with Crippen molar-refractivity contribution in [2.45, 2.75) is 19.4 Å². The Morgan fingerprint density at radius 3 is 2.81 bits per heavy atom. The molecular weight excluding hydrogens is 224 g/mol. The predicted molar refractivity (Wildman–Crippen MR) is 63.6 cm³/mol. The Morgan fingerprint density at radius 1 is 1.38 bits per heavy atom. The van der Waals surface area contributed by atoms with Crippen LogP contribution in [0, 0.1) is 6.92 Å². The van der Waals surface area contributed by atoms with Crippen molar-refractivity contribution in [3.63, 3.8) is 0 Å². The van der Waals surface area contributed by atoms with Gasteiger partial charge in [-0.3, -0.25) is 0 Å². The van der Waals surface area contributed by atoms with Crippen LogP contribution in [0.25, 0.3) is 0 Å². The summed E-state index contributed by atoms with van der Waals surface area (Å²) >= 11 is 6.01. The Labute approximate surface area is 99.5 Å². The number of benzene rings is 1. The molecule has 0 saturated heterocycles. The van der Waals surface area contributed by atoms with Gasteiger partial charge >= 0.3 is 0 Å². The monoisotopic (exact) mass is 236 g/mol. The zero-order valence-electron chi connectivity index (χ0n) is 8.98. The molecule has 0 aliphatic rings. The molecule has 16 heavy (non-hydrogen) atoms. The van der Waals surface area contributed by atoms with E-state index in [2.05, 4.69) is 0 Å².